The second-order valence-corrected chi connectivity index (χ2v) is 7.31. The summed E-state index contributed by atoms with van der Waals surface area (Å²) in [5.41, 5.74) is 7.12. The lowest BCUT2D eigenvalue weighted by Crippen LogP contribution is -2.40. The average molecular weight is 368 g/mol. The van der Waals surface area contributed by atoms with E-state index in [1.165, 1.54) is 18.2 Å². The van der Waals surface area contributed by atoms with Gasteiger partial charge in [-0.3, -0.25) is 14.1 Å². The van der Waals surface area contributed by atoms with Gasteiger partial charge in [-0.2, -0.15) is 8.42 Å². The van der Waals surface area contributed by atoms with E-state index in [0.717, 1.165) is 17.0 Å². The first-order valence-corrected chi connectivity index (χ1v) is 9.00. The Morgan fingerprint density at radius 1 is 0.885 bits per heavy atom. The van der Waals surface area contributed by atoms with Gasteiger partial charge in [0.25, 0.3) is 21.9 Å². The van der Waals surface area contributed by atoms with Gasteiger partial charge in [0.1, 0.15) is 0 Å². The molecule has 26 heavy (non-hydrogen) atoms. The smallest absolute Gasteiger partial charge is 0.294 e. The fourth-order valence-electron chi connectivity index (χ4n) is 3.13. The van der Waals surface area contributed by atoms with E-state index < -0.39 is 21.9 Å². The van der Waals surface area contributed by atoms with Crippen molar-refractivity contribution < 1.29 is 22.6 Å². The Bertz CT molecular complexity index is 1200. The lowest BCUT2D eigenvalue weighted by Gasteiger charge is -2.27. The summed E-state index contributed by atoms with van der Waals surface area (Å²) >= 11 is 0. The molecule has 0 unspecified atom stereocenters. The SMILES string of the molecule is Nc1cc2c3c(cccc3c1)C(=O)N(c1ccc(S(=O)(=O)O)cc1)C2=O. The monoisotopic (exact) mass is 368 g/mol. The van der Waals surface area contributed by atoms with Crippen LogP contribution in [0.4, 0.5) is 11.4 Å². The number of amides is 2. The molecule has 1 aliphatic rings. The molecule has 0 aliphatic carbocycles. The molecule has 0 spiro atoms. The van der Waals surface area contributed by atoms with Gasteiger partial charge < -0.3 is 5.73 Å². The Kier molecular flexibility index (Phi) is 3.36. The van der Waals surface area contributed by atoms with Crippen molar-refractivity contribution in [2.24, 2.45) is 0 Å². The summed E-state index contributed by atoms with van der Waals surface area (Å²) in [6.45, 7) is 0. The quantitative estimate of drug-likeness (QED) is 0.408. The highest BCUT2D eigenvalue weighted by Crippen LogP contribution is 2.34. The second kappa shape index (κ2) is 5.38. The molecule has 130 valence electrons. The number of nitrogens with two attached hydrogens (primary N) is 1. The normalized spacial score (nSPS) is 14.1. The molecule has 1 aliphatic heterocycles. The summed E-state index contributed by atoms with van der Waals surface area (Å²) in [5.74, 6) is -1.07. The molecule has 2 amide bonds. The standard InChI is InChI=1S/C18H12N2O5S/c19-11-8-10-2-1-3-14-16(10)15(9-11)18(22)20(17(14)21)12-4-6-13(7-5-12)26(23,24)25/h1-9H,19H2,(H,23,24,25). The minimum Gasteiger partial charge on any atom is -0.399 e. The molecule has 3 N–H and O–H groups in total. The summed E-state index contributed by atoms with van der Waals surface area (Å²) in [5, 5.41) is 1.24. The van der Waals surface area contributed by atoms with Crippen LogP contribution in [0.15, 0.2) is 59.5 Å². The van der Waals surface area contributed by atoms with E-state index in [1.54, 1.807) is 24.3 Å². The van der Waals surface area contributed by atoms with Gasteiger partial charge in [-0.15, -0.1) is 0 Å². The van der Waals surface area contributed by atoms with Crippen LogP contribution in [0.25, 0.3) is 10.8 Å². The number of hydrogen-bond donors (Lipinski definition) is 2. The van der Waals surface area contributed by atoms with Crippen LogP contribution in [0.5, 0.6) is 0 Å². The van der Waals surface area contributed by atoms with Crippen molar-refractivity contribution in [2.75, 3.05) is 10.6 Å². The lowest BCUT2D eigenvalue weighted by atomic mass is 9.93. The Hall–Kier alpha value is -3.23. The molecule has 0 saturated heterocycles. The molecule has 0 atom stereocenters. The number of nitrogen functional groups attached to an aromatic ring is 1. The van der Waals surface area contributed by atoms with Crippen molar-refractivity contribution in [1.82, 2.24) is 0 Å². The van der Waals surface area contributed by atoms with E-state index in [1.807, 2.05) is 0 Å². The molecule has 4 rings (SSSR count). The molecular weight excluding hydrogens is 356 g/mol. The fourth-order valence-corrected chi connectivity index (χ4v) is 3.61. The largest absolute Gasteiger partial charge is 0.399 e. The van der Waals surface area contributed by atoms with Crippen LogP contribution in [0.3, 0.4) is 0 Å². The van der Waals surface area contributed by atoms with Crippen molar-refractivity contribution in [3.05, 3.63) is 65.7 Å². The highest BCUT2D eigenvalue weighted by molar-refractivity contribution is 7.85. The Labute approximate surface area is 148 Å². The van der Waals surface area contributed by atoms with Crippen molar-refractivity contribution in [2.45, 2.75) is 4.90 Å². The van der Waals surface area contributed by atoms with Crippen LogP contribution in [0.2, 0.25) is 0 Å². The van der Waals surface area contributed by atoms with Gasteiger partial charge in [0.15, 0.2) is 0 Å². The zero-order chi connectivity index (χ0) is 18.6. The minimum absolute atomic E-state index is 0.192. The Balaban J connectivity index is 1.90. The molecular formula is C18H12N2O5S. The van der Waals surface area contributed by atoms with Crippen LogP contribution in [0.1, 0.15) is 20.7 Å². The third-order valence-corrected chi connectivity index (χ3v) is 5.13. The first-order valence-electron chi connectivity index (χ1n) is 7.56. The van der Waals surface area contributed by atoms with Crippen LogP contribution in [0, 0.1) is 0 Å². The van der Waals surface area contributed by atoms with Crippen LogP contribution in [-0.2, 0) is 10.1 Å². The van der Waals surface area contributed by atoms with E-state index >= 15 is 0 Å². The van der Waals surface area contributed by atoms with Gasteiger partial charge in [0.05, 0.1) is 16.1 Å². The van der Waals surface area contributed by atoms with E-state index in [4.69, 9.17) is 10.3 Å². The third kappa shape index (κ3) is 2.35. The highest BCUT2D eigenvalue weighted by Gasteiger charge is 2.34. The van der Waals surface area contributed by atoms with Gasteiger partial charge in [-0.1, -0.05) is 12.1 Å². The van der Waals surface area contributed by atoms with Gasteiger partial charge in [0, 0.05) is 16.6 Å². The third-order valence-electron chi connectivity index (χ3n) is 4.26. The number of benzene rings is 3. The minimum atomic E-state index is -4.37. The molecule has 0 radical (unpaired) electrons. The maximum atomic E-state index is 12.9. The molecule has 0 bridgehead atoms. The van der Waals surface area contributed by atoms with Gasteiger partial charge in [-0.05, 0) is 47.9 Å². The molecule has 7 nitrogen and oxygen atoms in total. The van der Waals surface area contributed by atoms with Crippen molar-refractivity contribution >= 4 is 44.1 Å². The van der Waals surface area contributed by atoms with Crippen molar-refractivity contribution in [1.29, 1.82) is 0 Å². The fraction of sp³-hybridized carbons (Fsp3) is 0. The lowest BCUT2D eigenvalue weighted by molar-refractivity contribution is 0.0893. The topological polar surface area (TPSA) is 118 Å². The maximum absolute atomic E-state index is 12.9. The summed E-state index contributed by atoms with van der Waals surface area (Å²) < 4.78 is 31.4. The summed E-state index contributed by atoms with van der Waals surface area (Å²) in [4.78, 5) is 26.5. The molecule has 1 heterocycles. The maximum Gasteiger partial charge on any atom is 0.294 e. The van der Waals surface area contributed by atoms with Crippen LogP contribution < -0.4 is 10.6 Å². The number of carbonyl (C=O) groups excluding carboxylic acids is 2. The highest BCUT2D eigenvalue weighted by atomic mass is 32.2. The molecule has 3 aromatic carbocycles. The van der Waals surface area contributed by atoms with Crippen molar-refractivity contribution in [3.63, 3.8) is 0 Å². The Morgan fingerprint density at radius 2 is 1.54 bits per heavy atom. The predicted molar refractivity (Wildman–Crippen MR) is 95.8 cm³/mol. The van der Waals surface area contributed by atoms with Gasteiger partial charge in [0.2, 0.25) is 0 Å². The van der Waals surface area contributed by atoms with E-state index in [9.17, 15) is 18.0 Å². The Morgan fingerprint density at radius 3 is 2.19 bits per heavy atom. The number of rotatable bonds is 2. The van der Waals surface area contributed by atoms with Gasteiger partial charge >= 0.3 is 0 Å². The molecule has 3 aromatic rings. The van der Waals surface area contributed by atoms with E-state index in [2.05, 4.69) is 0 Å². The zero-order valence-electron chi connectivity index (χ0n) is 13.2. The van der Waals surface area contributed by atoms with Crippen molar-refractivity contribution in [3.8, 4) is 0 Å². The number of nitrogens with zero attached hydrogens (tertiary/aromatic N) is 1. The van der Waals surface area contributed by atoms with E-state index in [0.29, 0.717) is 27.6 Å². The zero-order valence-corrected chi connectivity index (χ0v) is 14.0. The van der Waals surface area contributed by atoms with E-state index in [-0.39, 0.29) is 10.6 Å². The molecule has 0 fully saturated rings. The average Bonchev–Trinajstić information content (AvgIpc) is 2.59. The van der Waals surface area contributed by atoms with Crippen LogP contribution >= 0.6 is 0 Å². The summed E-state index contributed by atoms with van der Waals surface area (Å²) in [7, 11) is -4.37. The first kappa shape index (κ1) is 16.2. The van der Waals surface area contributed by atoms with Gasteiger partial charge in [-0.25, -0.2) is 4.90 Å². The number of carbonyl (C=O) groups is 2. The number of anilines is 2. The van der Waals surface area contributed by atoms with Crippen LogP contribution in [-0.4, -0.2) is 24.8 Å². The molecule has 8 heteroatoms. The molecule has 0 aromatic heterocycles. The predicted octanol–water partition coefficient (Wildman–Crippen LogP) is 2.47. The second-order valence-electron chi connectivity index (χ2n) is 5.89. The number of imide groups is 1. The number of hydrogen-bond acceptors (Lipinski definition) is 5. The summed E-state index contributed by atoms with van der Waals surface area (Å²) in [6.07, 6.45) is 0. The summed E-state index contributed by atoms with van der Waals surface area (Å²) in [6, 6.07) is 13.1. The molecule has 0 saturated carbocycles. The first-order chi connectivity index (χ1) is 12.3.